The van der Waals surface area contributed by atoms with E-state index in [-0.39, 0.29) is 24.4 Å². The third kappa shape index (κ3) is 1.83. The Kier molecular flexibility index (Phi) is 2.33. The lowest BCUT2D eigenvalue weighted by molar-refractivity contribution is -0.139. The van der Waals surface area contributed by atoms with Gasteiger partial charge in [0, 0.05) is 6.42 Å². The molecule has 74 valence electrons. The number of aliphatic hydroxyl groups excluding tert-OH is 1. The van der Waals surface area contributed by atoms with Crippen LogP contribution in [0, 0.1) is 0 Å². The number of aliphatic carboxylic acids is 1. The van der Waals surface area contributed by atoms with E-state index >= 15 is 0 Å². The van der Waals surface area contributed by atoms with Crippen LogP contribution in [-0.4, -0.2) is 21.8 Å². The third-order valence-electron chi connectivity index (χ3n) is 2.01. The SMILES string of the molecule is CC1(CCC(=O)O)ONC(O)=C1N. The largest absolute Gasteiger partial charge is 0.492 e. The van der Waals surface area contributed by atoms with E-state index < -0.39 is 11.6 Å². The summed E-state index contributed by atoms with van der Waals surface area (Å²) in [5.41, 5.74) is 6.90. The van der Waals surface area contributed by atoms with Crippen molar-refractivity contribution >= 4 is 5.97 Å². The lowest BCUT2D eigenvalue weighted by atomic mass is 9.97. The van der Waals surface area contributed by atoms with E-state index in [0.717, 1.165) is 0 Å². The molecule has 1 atom stereocenters. The molecule has 0 aromatic rings. The molecule has 5 N–H and O–H groups in total. The number of carboxylic acid groups (broad SMARTS) is 1. The first-order valence-electron chi connectivity index (χ1n) is 3.81. The summed E-state index contributed by atoms with van der Waals surface area (Å²) in [6.07, 6.45) is 0.150. The number of aliphatic hydroxyl groups is 1. The predicted octanol–water partition coefficient (Wildman–Crippen LogP) is -0.169. The number of nitrogens with one attached hydrogen (secondary N) is 1. The van der Waals surface area contributed by atoms with Gasteiger partial charge in [-0.25, -0.2) is 5.48 Å². The van der Waals surface area contributed by atoms with Crippen LogP contribution >= 0.6 is 0 Å². The van der Waals surface area contributed by atoms with Gasteiger partial charge in [0.1, 0.15) is 11.3 Å². The Balaban J connectivity index is 2.63. The topological polar surface area (TPSA) is 105 Å². The van der Waals surface area contributed by atoms with Crippen LogP contribution in [0.2, 0.25) is 0 Å². The molecule has 0 bridgehead atoms. The molecule has 0 spiro atoms. The highest BCUT2D eigenvalue weighted by molar-refractivity contribution is 5.66. The molecule has 6 heteroatoms. The number of hydrogen-bond donors (Lipinski definition) is 4. The fourth-order valence-corrected chi connectivity index (χ4v) is 1.05. The molecule has 6 nitrogen and oxygen atoms in total. The summed E-state index contributed by atoms with van der Waals surface area (Å²) in [6.45, 7) is 1.61. The van der Waals surface area contributed by atoms with Crippen molar-refractivity contribution in [3.63, 3.8) is 0 Å². The van der Waals surface area contributed by atoms with Gasteiger partial charge in [-0.1, -0.05) is 0 Å². The molecule has 1 heterocycles. The number of rotatable bonds is 3. The van der Waals surface area contributed by atoms with E-state index in [0.29, 0.717) is 0 Å². The van der Waals surface area contributed by atoms with Gasteiger partial charge in [0.25, 0.3) is 0 Å². The number of hydrogen-bond acceptors (Lipinski definition) is 5. The highest BCUT2D eigenvalue weighted by Gasteiger charge is 2.37. The Labute approximate surface area is 74.9 Å². The van der Waals surface area contributed by atoms with E-state index in [1.807, 2.05) is 0 Å². The molecule has 0 saturated carbocycles. The quantitative estimate of drug-likeness (QED) is 0.490. The van der Waals surface area contributed by atoms with E-state index in [9.17, 15) is 4.79 Å². The zero-order chi connectivity index (χ0) is 10.1. The van der Waals surface area contributed by atoms with Crippen LogP contribution in [0.1, 0.15) is 19.8 Å². The standard InChI is InChI=1S/C7H12N2O4/c1-7(3-2-4(10)11)5(8)6(12)9-13-7/h9,12H,2-3,8H2,1H3,(H,10,11). The van der Waals surface area contributed by atoms with Crippen molar-refractivity contribution in [1.82, 2.24) is 5.48 Å². The molecule has 1 rings (SSSR count). The van der Waals surface area contributed by atoms with Crippen molar-refractivity contribution in [3.8, 4) is 0 Å². The van der Waals surface area contributed by atoms with Gasteiger partial charge in [-0.05, 0) is 13.3 Å². The number of hydroxylamine groups is 1. The van der Waals surface area contributed by atoms with Crippen molar-refractivity contribution in [3.05, 3.63) is 11.6 Å². The van der Waals surface area contributed by atoms with Crippen LogP contribution in [0.15, 0.2) is 11.6 Å². The maximum absolute atomic E-state index is 10.3. The Hall–Kier alpha value is -1.43. The molecule has 0 aromatic carbocycles. The summed E-state index contributed by atoms with van der Waals surface area (Å²) in [6, 6.07) is 0. The van der Waals surface area contributed by atoms with Gasteiger partial charge >= 0.3 is 5.97 Å². The van der Waals surface area contributed by atoms with E-state index in [1.165, 1.54) is 0 Å². The van der Waals surface area contributed by atoms with Crippen LogP contribution in [0.25, 0.3) is 0 Å². The minimum absolute atomic E-state index is 0.0633. The molecular formula is C7H12N2O4. The van der Waals surface area contributed by atoms with Crippen LogP contribution in [0.4, 0.5) is 0 Å². The van der Waals surface area contributed by atoms with Gasteiger partial charge in [-0.15, -0.1) is 0 Å². The Bertz CT molecular complexity index is 263. The Morgan fingerprint density at radius 3 is 2.77 bits per heavy atom. The first-order valence-corrected chi connectivity index (χ1v) is 3.81. The molecule has 0 aromatic heterocycles. The second kappa shape index (κ2) is 3.14. The van der Waals surface area contributed by atoms with Gasteiger partial charge < -0.3 is 15.9 Å². The Morgan fingerprint density at radius 2 is 2.38 bits per heavy atom. The van der Waals surface area contributed by atoms with Crippen molar-refractivity contribution in [2.75, 3.05) is 0 Å². The second-order valence-electron chi connectivity index (χ2n) is 3.09. The molecule has 0 saturated heterocycles. The van der Waals surface area contributed by atoms with Crippen LogP contribution in [0.3, 0.4) is 0 Å². The second-order valence-corrected chi connectivity index (χ2v) is 3.09. The zero-order valence-electron chi connectivity index (χ0n) is 7.20. The Morgan fingerprint density at radius 1 is 1.77 bits per heavy atom. The maximum Gasteiger partial charge on any atom is 0.303 e. The first-order chi connectivity index (χ1) is 5.96. The molecular weight excluding hydrogens is 176 g/mol. The van der Waals surface area contributed by atoms with Gasteiger partial charge in [-0.3, -0.25) is 9.63 Å². The minimum Gasteiger partial charge on any atom is -0.492 e. The fourth-order valence-electron chi connectivity index (χ4n) is 1.05. The molecule has 0 fully saturated rings. The third-order valence-corrected chi connectivity index (χ3v) is 2.01. The minimum atomic E-state index is -0.928. The van der Waals surface area contributed by atoms with E-state index in [4.69, 9.17) is 20.8 Å². The lowest BCUT2D eigenvalue weighted by Gasteiger charge is -2.21. The predicted molar refractivity (Wildman–Crippen MR) is 43.3 cm³/mol. The molecule has 1 aliphatic rings. The van der Waals surface area contributed by atoms with E-state index in [1.54, 1.807) is 6.92 Å². The summed E-state index contributed by atoms with van der Waals surface area (Å²) in [4.78, 5) is 15.2. The molecule has 0 aliphatic carbocycles. The van der Waals surface area contributed by atoms with Crippen molar-refractivity contribution in [2.45, 2.75) is 25.4 Å². The highest BCUT2D eigenvalue weighted by Crippen LogP contribution is 2.28. The normalized spacial score (nSPS) is 27.5. The van der Waals surface area contributed by atoms with Gasteiger partial charge in [0.15, 0.2) is 0 Å². The van der Waals surface area contributed by atoms with Gasteiger partial charge in [0.2, 0.25) is 5.88 Å². The van der Waals surface area contributed by atoms with Crippen LogP contribution < -0.4 is 11.2 Å². The molecule has 1 aliphatic heterocycles. The van der Waals surface area contributed by atoms with Crippen LogP contribution in [-0.2, 0) is 9.63 Å². The lowest BCUT2D eigenvalue weighted by Crippen LogP contribution is -2.33. The van der Waals surface area contributed by atoms with Crippen molar-refractivity contribution in [2.24, 2.45) is 5.73 Å². The molecule has 0 radical (unpaired) electrons. The molecule has 1 unspecified atom stereocenters. The molecule has 13 heavy (non-hydrogen) atoms. The molecule has 0 amide bonds. The average molecular weight is 188 g/mol. The van der Waals surface area contributed by atoms with Gasteiger partial charge in [0.05, 0.1) is 0 Å². The van der Waals surface area contributed by atoms with Crippen molar-refractivity contribution < 1.29 is 19.8 Å². The average Bonchev–Trinajstić information content (AvgIpc) is 2.31. The number of carboxylic acids is 1. The zero-order valence-corrected chi connectivity index (χ0v) is 7.20. The van der Waals surface area contributed by atoms with Crippen molar-refractivity contribution in [1.29, 1.82) is 0 Å². The first kappa shape index (κ1) is 9.66. The van der Waals surface area contributed by atoms with E-state index in [2.05, 4.69) is 5.48 Å². The number of nitrogens with two attached hydrogens (primary N) is 1. The summed E-state index contributed by atoms with van der Waals surface area (Å²) in [5, 5.41) is 17.5. The van der Waals surface area contributed by atoms with Gasteiger partial charge in [-0.2, -0.15) is 0 Å². The summed E-state index contributed by atoms with van der Waals surface area (Å²) in [7, 11) is 0. The summed E-state index contributed by atoms with van der Waals surface area (Å²) < 4.78 is 0. The summed E-state index contributed by atoms with van der Waals surface area (Å²) >= 11 is 0. The van der Waals surface area contributed by atoms with Crippen LogP contribution in [0.5, 0.6) is 0 Å². The number of carbonyl (C=O) groups is 1. The maximum atomic E-state index is 10.3. The highest BCUT2D eigenvalue weighted by atomic mass is 16.7. The summed E-state index contributed by atoms with van der Waals surface area (Å²) in [5.74, 6) is -1.17. The smallest absolute Gasteiger partial charge is 0.303 e. The monoisotopic (exact) mass is 188 g/mol. The fraction of sp³-hybridized carbons (Fsp3) is 0.571.